The predicted octanol–water partition coefficient (Wildman–Crippen LogP) is 3.39. The molecule has 4 aromatic rings. The van der Waals surface area contributed by atoms with Crippen molar-refractivity contribution in [2.24, 2.45) is 18.9 Å². The lowest BCUT2D eigenvalue weighted by Crippen LogP contribution is -2.36. The molecule has 1 aliphatic heterocycles. The van der Waals surface area contributed by atoms with Gasteiger partial charge in [-0.05, 0) is 38.8 Å². The normalized spacial score (nSPS) is 16.7. The second-order valence-corrected chi connectivity index (χ2v) is 10.3. The summed E-state index contributed by atoms with van der Waals surface area (Å²) in [4.78, 5) is 37.4. The van der Waals surface area contributed by atoms with E-state index in [1.54, 1.807) is 47.0 Å². The largest absolute Gasteiger partial charge is 0.324 e. The fourth-order valence-corrected chi connectivity index (χ4v) is 4.72. The van der Waals surface area contributed by atoms with Crippen LogP contribution in [-0.4, -0.2) is 65.2 Å². The monoisotopic (exact) mass is 515 g/mol. The van der Waals surface area contributed by atoms with Crippen LogP contribution in [0.3, 0.4) is 0 Å². The van der Waals surface area contributed by atoms with Crippen molar-refractivity contribution < 1.29 is 9.59 Å². The quantitative estimate of drug-likeness (QED) is 0.387. The van der Waals surface area contributed by atoms with E-state index in [0.717, 1.165) is 25.1 Å². The summed E-state index contributed by atoms with van der Waals surface area (Å²) >= 11 is 0. The maximum absolute atomic E-state index is 13.2. The number of rotatable bonds is 7. The number of carbonyl (C=O) groups is 2. The summed E-state index contributed by atoms with van der Waals surface area (Å²) < 4.78 is 3.32. The van der Waals surface area contributed by atoms with E-state index in [0.29, 0.717) is 45.8 Å². The van der Waals surface area contributed by atoms with Crippen molar-refractivity contribution in [2.45, 2.75) is 40.2 Å². The van der Waals surface area contributed by atoms with Crippen LogP contribution in [0.15, 0.2) is 43.2 Å². The molecule has 0 radical (unpaired) electrons. The van der Waals surface area contributed by atoms with Crippen molar-refractivity contribution in [1.82, 2.24) is 34.3 Å². The highest BCUT2D eigenvalue weighted by Gasteiger charge is 2.31. The summed E-state index contributed by atoms with van der Waals surface area (Å²) in [5.41, 5.74) is 4.23. The number of hydrogen-bond donors (Lipinski definition) is 2. The Kier molecular flexibility index (Phi) is 6.94. The second kappa shape index (κ2) is 10.3. The van der Waals surface area contributed by atoms with E-state index >= 15 is 0 Å². The predicted molar refractivity (Wildman–Crippen MR) is 145 cm³/mol. The number of nitrogens with one attached hydrogen (secondary N) is 2. The average Bonchev–Trinajstić information content (AvgIpc) is 3.64. The fourth-order valence-electron chi connectivity index (χ4n) is 4.72. The van der Waals surface area contributed by atoms with Crippen molar-refractivity contribution in [1.29, 1.82) is 0 Å². The molecule has 0 spiro atoms. The van der Waals surface area contributed by atoms with Crippen molar-refractivity contribution in [3.05, 3.63) is 54.5 Å². The number of pyridine rings is 1. The third-order valence-electron chi connectivity index (χ3n) is 7.38. The molecule has 1 aliphatic rings. The molecule has 11 nitrogen and oxygen atoms in total. The molecule has 0 aromatic carbocycles. The van der Waals surface area contributed by atoms with Gasteiger partial charge in [0.1, 0.15) is 0 Å². The number of nitrogens with zero attached hydrogens (tertiary/aromatic N) is 7. The van der Waals surface area contributed by atoms with Gasteiger partial charge in [0.25, 0.3) is 5.91 Å². The van der Waals surface area contributed by atoms with Gasteiger partial charge >= 0.3 is 0 Å². The molecule has 2 atom stereocenters. The van der Waals surface area contributed by atoms with Crippen molar-refractivity contribution in [3.8, 4) is 11.3 Å². The maximum atomic E-state index is 13.2. The van der Waals surface area contributed by atoms with Crippen molar-refractivity contribution >= 4 is 28.7 Å². The SMILES string of the molecule is Cc1ncc(NC(=O)[C@H]2CCN(C(C)C(C)C)C2)cc1NC(=O)c1cnn2cc(-c3cnn(C)c3)ncc12. The third kappa shape index (κ3) is 5.14. The number of fused-ring (bicyclic) bond motifs is 1. The zero-order valence-electron chi connectivity index (χ0n) is 22.3. The molecule has 1 fully saturated rings. The summed E-state index contributed by atoms with van der Waals surface area (Å²) in [6.45, 7) is 10.1. The summed E-state index contributed by atoms with van der Waals surface area (Å²) in [6, 6.07) is 2.18. The van der Waals surface area contributed by atoms with Crippen LogP contribution in [0.1, 0.15) is 43.2 Å². The van der Waals surface area contributed by atoms with Crippen LogP contribution in [0.25, 0.3) is 16.8 Å². The van der Waals surface area contributed by atoms with Crippen LogP contribution in [0.2, 0.25) is 0 Å². The zero-order valence-corrected chi connectivity index (χ0v) is 22.3. The lowest BCUT2D eigenvalue weighted by atomic mass is 10.0. The van der Waals surface area contributed by atoms with Crippen LogP contribution in [-0.2, 0) is 11.8 Å². The van der Waals surface area contributed by atoms with Gasteiger partial charge in [-0.25, -0.2) is 4.52 Å². The first-order chi connectivity index (χ1) is 18.2. The molecule has 11 heteroatoms. The van der Waals surface area contributed by atoms with E-state index in [4.69, 9.17) is 0 Å². The highest BCUT2D eigenvalue weighted by atomic mass is 16.2. The van der Waals surface area contributed by atoms with E-state index < -0.39 is 0 Å². The minimum absolute atomic E-state index is 0.0236. The van der Waals surface area contributed by atoms with Crippen LogP contribution in [0, 0.1) is 18.8 Å². The molecule has 4 aromatic heterocycles. The lowest BCUT2D eigenvalue weighted by Gasteiger charge is -2.27. The smallest absolute Gasteiger partial charge is 0.259 e. The van der Waals surface area contributed by atoms with Gasteiger partial charge < -0.3 is 10.6 Å². The molecule has 198 valence electrons. The number of amides is 2. The Morgan fingerprint density at radius 1 is 1.03 bits per heavy atom. The molecule has 0 aliphatic carbocycles. The molecule has 38 heavy (non-hydrogen) atoms. The number of likely N-dealkylation sites (tertiary alicyclic amines) is 1. The van der Waals surface area contributed by atoms with Gasteiger partial charge in [0, 0.05) is 31.4 Å². The summed E-state index contributed by atoms with van der Waals surface area (Å²) in [5, 5.41) is 14.4. The number of carbonyl (C=O) groups excluding carboxylic acids is 2. The van der Waals surface area contributed by atoms with Gasteiger partial charge in [0.05, 0.1) is 70.7 Å². The van der Waals surface area contributed by atoms with E-state index in [1.807, 2.05) is 13.2 Å². The highest BCUT2D eigenvalue weighted by Crippen LogP contribution is 2.25. The molecule has 0 saturated carbocycles. The van der Waals surface area contributed by atoms with Crippen molar-refractivity contribution in [2.75, 3.05) is 23.7 Å². The second-order valence-electron chi connectivity index (χ2n) is 10.3. The Morgan fingerprint density at radius 3 is 2.58 bits per heavy atom. The molecular weight excluding hydrogens is 482 g/mol. The Hall–Kier alpha value is -4.12. The number of hydrogen-bond acceptors (Lipinski definition) is 7. The van der Waals surface area contributed by atoms with E-state index in [1.165, 1.54) is 6.20 Å². The van der Waals surface area contributed by atoms with E-state index in [9.17, 15) is 9.59 Å². The van der Waals surface area contributed by atoms with Gasteiger partial charge in [-0.3, -0.25) is 29.1 Å². The first kappa shape index (κ1) is 25.5. The topological polar surface area (TPSA) is 122 Å². The zero-order chi connectivity index (χ0) is 27.0. The number of anilines is 2. The average molecular weight is 516 g/mol. The molecule has 0 bridgehead atoms. The van der Waals surface area contributed by atoms with Crippen LogP contribution in [0.5, 0.6) is 0 Å². The maximum Gasteiger partial charge on any atom is 0.259 e. The van der Waals surface area contributed by atoms with E-state index in [-0.39, 0.29) is 17.7 Å². The minimum Gasteiger partial charge on any atom is -0.324 e. The molecule has 2 N–H and O–H groups in total. The first-order valence-electron chi connectivity index (χ1n) is 12.8. The lowest BCUT2D eigenvalue weighted by molar-refractivity contribution is -0.119. The van der Waals surface area contributed by atoms with Crippen LogP contribution >= 0.6 is 0 Å². The van der Waals surface area contributed by atoms with Gasteiger partial charge in [-0.2, -0.15) is 10.2 Å². The summed E-state index contributed by atoms with van der Waals surface area (Å²) in [5.74, 6) is 0.109. The molecule has 2 amide bonds. The Morgan fingerprint density at radius 2 is 1.84 bits per heavy atom. The summed E-state index contributed by atoms with van der Waals surface area (Å²) in [7, 11) is 1.84. The fraction of sp³-hybridized carbons (Fsp3) is 0.407. The van der Waals surface area contributed by atoms with Crippen LogP contribution < -0.4 is 10.6 Å². The molecular formula is C27H33N9O2. The van der Waals surface area contributed by atoms with Gasteiger partial charge in [-0.1, -0.05) is 13.8 Å². The molecule has 5 rings (SSSR count). The summed E-state index contributed by atoms with van der Waals surface area (Å²) in [6.07, 6.45) is 10.9. The molecule has 1 unspecified atom stereocenters. The first-order valence-corrected chi connectivity index (χ1v) is 12.8. The number of aryl methyl sites for hydroxylation is 2. The Balaban J connectivity index is 1.28. The standard InChI is InChI=1S/C27H33N9O2/c1-16(2)18(4)35-7-6-19(14-35)26(37)32-21-8-23(17(3)28-10-21)33-27(38)22-11-31-36-15-24(29-12-25(22)36)20-9-30-34(5)13-20/h8-13,15-16,18-19H,6-7,14H2,1-5H3,(H,32,37)(H,33,38)/t18?,19-/m0/s1. The Bertz CT molecular complexity index is 1490. The molecule has 1 saturated heterocycles. The van der Waals surface area contributed by atoms with Gasteiger partial charge in [0.2, 0.25) is 5.91 Å². The van der Waals surface area contributed by atoms with Crippen molar-refractivity contribution in [3.63, 3.8) is 0 Å². The highest BCUT2D eigenvalue weighted by molar-refractivity contribution is 6.09. The van der Waals surface area contributed by atoms with Crippen LogP contribution in [0.4, 0.5) is 11.4 Å². The Labute approximate surface area is 221 Å². The molecule has 5 heterocycles. The van der Waals surface area contributed by atoms with Gasteiger partial charge in [0.15, 0.2) is 0 Å². The third-order valence-corrected chi connectivity index (χ3v) is 7.38. The van der Waals surface area contributed by atoms with Gasteiger partial charge in [-0.15, -0.1) is 0 Å². The number of aromatic nitrogens is 6. The minimum atomic E-state index is -0.335. The van der Waals surface area contributed by atoms with E-state index in [2.05, 4.69) is 56.5 Å².